The van der Waals surface area contributed by atoms with Gasteiger partial charge < -0.3 is 0 Å². The Kier molecular flexibility index (Phi) is 7.92. The van der Waals surface area contributed by atoms with Crippen molar-refractivity contribution in [3.05, 3.63) is 47.5 Å². The highest BCUT2D eigenvalue weighted by molar-refractivity contribution is 5.34. The molecule has 0 radical (unpaired) electrons. The lowest BCUT2D eigenvalue weighted by Gasteiger charge is -2.28. The van der Waals surface area contributed by atoms with Gasteiger partial charge >= 0.3 is 0 Å². The number of benzene rings is 1. The molecule has 0 spiro atoms. The fourth-order valence-corrected chi connectivity index (χ4v) is 4.20. The highest BCUT2D eigenvalue weighted by atomic mass is 14.4. The molecule has 1 aliphatic carbocycles. The summed E-state index contributed by atoms with van der Waals surface area (Å²) in [5, 5.41) is 0. The van der Waals surface area contributed by atoms with Gasteiger partial charge in [0.2, 0.25) is 0 Å². The first kappa shape index (κ1) is 18.3. The predicted molar refractivity (Wildman–Crippen MR) is 103 cm³/mol. The summed E-state index contributed by atoms with van der Waals surface area (Å²) < 4.78 is 0. The minimum absolute atomic E-state index is 0.512. The Bertz CT molecular complexity index is 444. The van der Waals surface area contributed by atoms with Crippen LogP contribution >= 0.6 is 0 Å². The molecule has 23 heavy (non-hydrogen) atoms. The van der Waals surface area contributed by atoms with Crippen molar-refractivity contribution in [3.63, 3.8) is 0 Å². The van der Waals surface area contributed by atoms with E-state index in [1.807, 2.05) is 0 Å². The maximum absolute atomic E-state index is 2.40. The zero-order valence-corrected chi connectivity index (χ0v) is 15.4. The SMILES string of the molecule is C/C=C/CC1(CCCCCCCCCC)Cc2ccccc2C1. The molecule has 0 saturated carbocycles. The van der Waals surface area contributed by atoms with Crippen LogP contribution in [0.4, 0.5) is 0 Å². The van der Waals surface area contributed by atoms with Gasteiger partial charge in [0.25, 0.3) is 0 Å². The molecule has 0 atom stereocenters. The van der Waals surface area contributed by atoms with Crippen LogP contribution in [0.1, 0.15) is 89.2 Å². The Labute approximate surface area is 144 Å². The minimum atomic E-state index is 0.512. The van der Waals surface area contributed by atoms with Crippen molar-refractivity contribution in [2.24, 2.45) is 5.41 Å². The van der Waals surface area contributed by atoms with Crippen molar-refractivity contribution in [1.29, 1.82) is 0 Å². The van der Waals surface area contributed by atoms with Crippen molar-refractivity contribution >= 4 is 0 Å². The molecule has 0 amide bonds. The van der Waals surface area contributed by atoms with Gasteiger partial charge in [0.15, 0.2) is 0 Å². The number of allylic oxidation sites excluding steroid dienone is 2. The van der Waals surface area contributed by atoms with E-state index in [1.54, 1.807) is 11.1 Å². The van der Waals surface area contributed by atoms with Gasteiger partial charge in [-0.05, 0) is 49.1 Å². The van der Waals surface area contributed by atoms with E-state index in [4.69, 9.17) is 0 Å². The van der Waals surface area contributed by atoms with Crippen molar-refractivity contribution in [2.75, 3.05) is 0 Å². The molecule has 0 nitrogen and oxygen atoms in total. The molecule has 0 N–H and O–H groups in total. The number of hydrogen-bond acceptors (Lipinski definition) is 0. The lowest BCUT2D eigenvalue weighted by Crippen LogP contribution is -2.20. The molecule has 0 aromatic heterocycles. The predicted octanol–water partition coefficient (Wildman–Crippen LogP) is 7.27. The summed E-state index contributed by atoms with van der Waals surface area (Å²) in [5.41, 5.74) is 3.73. The first-order chi connectivity index (χ1) is 11.3. The van der Waals surface area contributed by atoms with Crippen LogP contribution in [-0.2, 0) is 12.8 Å². The van der Waals surface area contributed by atoms with Gasteiger partial charge in [-0.3, -0.25) is 0 Å². The van der Waals surface area contributed by atoms with Crippen LogP contribution in [0.25, 0.3) is 0 Å². The molecule has 0 heterocycles. The Morgan fingerprint density at radius 1 is 0.870 bits per heavy atom. The fourth-order valence-electron chi connectivity index (χ4n) is 4.20. The number of hydrogen-bond donors (Lipinski definition) is 0. The van der Waals surface area contributed by atoms with E-state index in [0.717, 1.165) is 0 Å². The van der Waals surface area contributed by atoms with E-state index in [0.29, 0.717) is 5.41 Å². The highest BCUT2D eigenvalue weighted by Gasteiger charge is 2.35. The third-order valence-corrected chi connectivity index (χ3v) is 5.60. The van der Waals surface area contributed by atoms with E-state index < -0.39 is 0 Å². The lowest BCUT2D eigenvalue weighted by molar-refractivity contribution is 0.270. The van der Waals surface area contributed by atoms with E-state index in [-0.39, 0.29) is 0 Å². The first-order valence-electron chi connectivity index (χ1n) is 9.97. The van der Waals surface area contributed by atoms with Crippen molar-refractivity contribution in [1.82, 2.24) is 0 Å². The lowest BCUT2D eigenvalue weighted by atomic mass is 9.76. The second-order valence-electron chi connectivity index (χ2n) is 7.62. The summed E-state index contributed by atoms with van der Waals surface area (Å²) in [7, 11) is 0. The maximum atomic E-state index is 2.40. The largest absolute Gasteiger partial charge is 0.0916 e. The van der Waals surface area contributed by atoms with Crippen LogP contribution in [0.5, 0.6) is 0 Å². The van der Waals surface area contributed by atoms with E-state index >= 15 is 0 Å². The number of rotatable bonds is 11. The van der Waals surface area contributed by atoms with Gasteiger partial charge in [0, 0.05) is 0 Å². The summed E-state index contributed by atoms with van der Waals surface area (Å²) in [5.74, 6) is 0. The van der Waals surface area contributed by atoms with Crippen LogP contribution in [0.3, 0.4) is 0 Å². The summed E-state index contributed by atoms with van der Waals surface area (Å²) in [6.45, 7) is 4.45. The van der Waals surface area contributed by atoms with Crippen LogP contribution in [0.15, 0.2) is 36.4 Å². The molecule has 1 aromatic rings. The van der Waals surface area contributed by atoms with Gasteiger partial charge in [-0.1, -0.05) is 94.7 Å². The van der Waals surface area contributed by atoms with E-state index in [2.05, 4.69) is 50.3 Å². The normalized spacial score (nSPS) is 16.1. The summed E-state index contributed by atoms with van der Waals surface area (Å²) in [6, 6.07) is 9.11. The first-order valence-corrected chi connectivity index (χ1v) is 9.97. The smallest absolute Gasteiger partial charge is 0.0182 e. The third kappa shape index (κ3) is 5.83. The number of fused-ring (bicyclic) bond motifs is 1. The molecular weight excluding hydrogens is 276 g/mol. The molecule has 1 aliphatic rings. The average molecular weight is 313 g/mol. The zero-order chi connectivity index (χ0) is 16.4. The van der Waals surface area contributed by atoms with E-state index in [1.165, 1.54) is 77.0 Å². The monoisotopic (exact) mass is 312 g/mol. The summed E-state index contributed by atoms with van der Waals surface area (Å²) >= 11 is 0. The standard InChI is InChI=1S/C23H36/c1-3-5-7-8-9-10-11-14-18-23(17-6-4-2)19-21-15-12-13-16-22(21)20-23/h4,6,12-13,15-16H,3,5,7-11,14,17-20H2,1-2H3/b6-4+. The van der Waals surface area contributed by atoms with Crippen LogP contribution in [0.2, 0.25) is 0 Å². The second-order valence-corrected chi connectivity index (χ2v) is 7.62. The molecule has 0 fully saturated rings. The molecule has 0 heteroatoms. The summed E-state index contributed by atoms with van der Waals surface area (Å²) in [6.07, 6.45) is 21.3. The Hall–Kier alpha value is -1.04. The third-order valence-electron chi connectivity index (χ3n) is 5.60. The molecule has 1 aromatic carbocycles. The summed E-state index contributed by atoms with van der Waals surface area (Å²) in [4.78, 5) is 0. The van der Waals surface area contributed by atoms with E-state index in [9.17, 15) is 0 Å². The molecule has 0 aliphatic heterocycles. The van der Waals surface area contributed by atoms with Crippen molar-refractivity contribution in [3.8, 4) is 0 Å². The van der Waals surface area contributed by atoms with Crippen molar-refractivity contribution < 1.29 is 0 Å². The molecule has 0 bridgehead atoms. The molecule has 0 unspecified atom stereocenters. The zero-order valence-electron chi connectivity index (χ0n) is 15.4. The topological polar surface area (TPSA) is 0 Å². The van der Waals surface area contributed by atoms with Crippen molar-refractivity contribution in [2.45, 2.75) is 90.9 Å². The van der Waals surface area contributed by atoms with Gasteiger partial charge in [0.05, 0.1) is 0 Å². The van der Waals surface area contributed by atoms with Crippen LogP contribution in [0, 0.1) is 5.41 Å². The average Bonchev–Trinajstić information content (AvgIpc) is 2.94. The minimum Gasteiger partial charge on any atom is -0.0916 e. The number of unbranched alkanes of at least 4 members (excludes halogenated alkanes) is 7. The quantitative estimate of drug-likeness (QED) is 0.298. The Morgan fingerprint density at radius 3 is 2.00 bits per heavy atom. The van der Waals surface area contributed by atoms with Gasteiger partial charge in [-0.2, -0.15) is 0 Å². The van der Waals surface area contributed by atoms with Gasteiger partial charge in [-0.25, -0.2) is 0 Å². The highest BCUT2D eigenvalue weighted by Crippen LogP contribution is 2.43. The maximum Gasteiger partial charge on any atom is -0.0182 e. The molecule has 2 rings (SSSR count). The fraction of sp³-hybridized carbons (Fsp3) is 0.652. The Morgan fingerprint density at radius 2 is 1.43 bits per heavy atom. The Balaban J connectivity index is 1.75. The molecular formula is C23H36. The molecule has 0 saturated heterocycles. The van der Waals surface area contributed by atoms with Gasteiger partial charge in [0.1, 0.15) is 0 Å². The van der Waals surface area contributed by atoms with Gasteiger partial charge in [-0.15, -0.1) is 0 Å². The van der Waals surface area contributed by atoms with Crippen LogP contribution < -0.4 is 0 Å². The second kappa shape index (κ2) is 9.96. The molecule has 128 valence electrons. The van der Waals surface area contributed by atoms with Crippen LogP contribution in [-0.4, -0.2) is 0 Å².